The van der Waals surface area contributed by atoms with Gasteiger partial charge in [0.1, 0.15) is 0 Å². The molecule has 5 heteroatoms. The van der Waals surface area contributed by atoms with Gasteiger partial charge in [0.2, 0.25) is 0 Å². The number of nitrogens with zero attached hydrogens (tertiary/aromatic N) is 4. The summed E-state index contributed by atoms with van der Waals surface area (Å²) in [6, 6.07) is 10.4. The third kappa shape index (κ3) is 4.82. The highest BCUT2D eigenvalue weighted by atomic mass is 16.1. The maximum Gasteiger partial charge on any atom is 0.293 e. The average Bonchev–Trinajstić information content (AvgIpc) is 2.65. The predicted octanol–water partition coefficient (Wildman–Crippen LogP) is 2.73. The Labute approximate surface area is 155 Å². The van der Waals surface area contributed by atoms with E-state index in [2.05, 4.69) is 65.0 Å². The minimum Gasteiger partial charge on any atom is -0.349 e. The summed E-state index contributed by atoms with van der Waals surface area (Å²) in [5, 5.41) is 0. The van der Waals surface area contributed by atoms with E-state index in [0.29, 0.717) is 11.7 Å². The third-order valence-corrected chi connectivity index (χ3v) is 4.60. The molecule has 1 aliphatic rings. The molecule has 0 amide bonds. The molecular formula is C21H28N4O. The minimum absolute atomic E-state index is 0.0265. The van der Waals surface area contributed by atoms with Crippen LogP contribution in [0.15, 0.2) is 53.6 Å². The summed E-state index contributed by atoms with van der Waals surface area (Å²) in [5.41, 5.74) is 1.25. The van der Waals surface area contributed by atoms with E-state index in [1.165, 1.54) is 5.56 Å². The lowest BCUT2D eigenvalue weighted by atomic mass is 10.2. The zero-order valence-electron chi connectivity index (χ0n) is 15.7. The number of aromatic nitrogens is 2. The Kier molecular flexibility index (Phi) is 6.23. The lowest BCUT2D eigenvalue weighted by molar-refractivity contribution is 0.283. The molecule has 1 aliphatic heterocycles. The molecule has 0 saturated carbocycles. The van der Waals surface area contributed by atoms with Crippen LogP contribution in [0.5, 0.6) is 0 Å². The zero-order chi connectivity index (χ0) is 18.4. The fraction of sp³-hybridized carbons (Fsp3) is 0.429. The average molecular weight is 352 g/mol. The first-order valence-electron chi connectivity index (χ1n) is 9.38. The molecule has 1 fully saturated rings. The van der Waals surface area contributed by atoms with E-state index in [1.54, 1.807) is 17.0 Å². The number of hydrogen-bond donors (Lipinski definition) is 0. The molecule has 0 spiro atoms. The monoisotopic (exact) mass is 352 g/mol. The molecule has 0 aliphatic carbocycles. The highest BCUT2D eigenvalue weighted by Crippen LogP contribution is 2.10. The summed E-state index contributed by atoms with van der Waals surface area (Å²) in [5.74, 6) is 1.03. The zero-order valence-corrected chi connectivity index (χ0v) is 15.7. The second-order valence-electron chi connectivity index (χ2n) is 7.20. The molecule has 2 heterocycles. The van der Waals surface area contributed by atoms with Crippen LogP contribution in [0.3, 0.4) is 0 Å². The van der Waals surface area contributed by atoms with E-state index in [4.69, 9.17) is 0 Å². The Balaban J connectivity index is 1.55. The van der Waals surface area contributed by atoms with Gasteiger partial charge >= 0.3 is 0 Å². The molecule has 1 aromatic heterocycles. The van der Waals surface area contributed by atoms with Crippen molar-refractivity contribution in [2.24, 2.45) is 5.92 Å². The largest absolute Gasteiger partial charge is 0.349 e. The van der Waals surface area contributed by atoms with E-state index in [-0.39, 0.29) is 5.56 Å². The van der Waals surface area contributed by atoms with Gasteiger partial charge in [0.25, 0.3) is 5.56 Å². The third-order valence-electron chi connectivity index (χ3n) is 4.60. The SMILES string of the molecule is CC(C)Cn1ccnc(N2CCN(C/C=C/c3ccccc3)CC2)c1=O. The Morgan fingerprint density at radius 2 is 1.85 bits per heavy atom. The quantitative estimate of drug-likeness (QED) is 0.802. The van der Waals surface area contributed by atoms with Crippen LogP contribution in [0, 0.1) is 5.92 Å². The van der Waals surface area contributed by atoms with Crippen LogP contribution in [0.4, 0.5) is 5.82 Å². The molecule has 0 N–H and O–H groups in total. The summed E-state index contributed by atoms with van der Waals surface area (Å²) < 4.78 is 1.78. The smallest absolute Gasteiger partial charge is 0.293 e. The molecule has 0 radical (unpaired) electrons. The highest BCUT2D eigenvalue weighted by Gasteiger charge is 2.20. The van der Waals surface area contributed by atoms with Crippen LogP contribution in [0.2, 0.25) is 0 Å². The first kappa shape index (κ1) is 18.4. The van der Waals surface area contributed by atoms with Crippen LogP contribution < -0.4 is 10.5 Å². The molecule has 1 aromatic carbocycles. The van der Waals surface area contributed by atoms with E-state index in [0.717, 1.165) is 39.3 Å². The Morgan fingerprint density at radius 1 is 1.12 bits per heavy atom. The van der Waals surface area contributed by atoms with Crippen LogP contribution in [-0.4, -0.2) is 47.2 Å². The van der Waals surface area contributed by atoms with Gasteiger partial charge in [0, 0.05) is 51.7 Å². The van der Waals surface area contributed by atoms with Gasteiger partial charge in [-0.2, -0.15) is 0 Å². The Bertz CT molecular complexity index is 774. The second kappa shape index (κ2) is 8.81. The van der Waals surface area contributed by atoms with Gasteiger partial charge in [-0.25, -0.2) is 4.98 Å². The number of anilines is 1. The normalized spacial score (nSPS) is 15.9. The first-order chi connectivity index (χ1) is 12.6. The van der Waals surface area contributed by atoms with Crippen LogP contribution >= 0.6 is 0 Å². The molecule has 5 nitrogen and oxygen atoms in total. The van der Waals surface area contributed by atoms with E-state index >= 15 is 0 Å². The predicted molar refractivity (Wildman–Crippen MR) is 107 cm³/mol. The second-order valence-corrected chi connectivity index (χ2v) is 7.20. The molecule has 2 aromatic rings. The summed E-state index contributed by atoms with van der Waals surface area (Å²) in [6.07, 6.45) is 7.90. The van der Waals surface area contributed by atoms with Crippen molar-refractivity contribution in [1.82, 2.24) is 14.5 Å². The van der Waals surface area contributed by atoms with Crippen molar-refractivity contribution in [2.45, 2.75) is 20.4 Å². The van der Waals surface area contributed by atoms with Crippen molar-refractivity contribution in [3.8, 4) is 0 Å². The fourth-order valence-electron chi connectivity index (χ4n) is 3.23. The van der Waals surface area contributed by atoms with E-state index < -0.39 is 0 Å². The van der Waals surface area contributed by atoms with E-state index in [9.17, 15) is 4.79 Å². The first-order valence-corrected chi connectivity index (χ1v) is 9.38. The lowest BCUT2D eigenvalue weighted by Crippen LogP contribution is -2.48. The van der Waals surface area contributed by atoms with Crippen molar-refractivity contribution in [2.75, 3.05) is 37.6 Å². The van der Waals surface area contributed by atoms with Gasteiger partial charge in [-0.1, -0.05) is 56.3 Å². The topological polar surface area (TPSA) is 41.4 Å². The number of piperazine rings is 1. The summed E-state index contributed by atoms with van der Waals surface area (Å²) in [4.78, 5) is 21.5. The molecule has 0 bridgehead atoms. The molecule has 1 saturated heterocycles. The van der Waals surface area contributed by atoms with Crippen LogP contribution in [0.25, 0.3) is 6.08 Å². The van der Waals surface area contributed by atoms with Gasteiger partial charge < -0.3 is 9.47 Å². The summed E-state index contributed by atoms with van der Waals surface area (Å²) in [6.45, 7) is 9.47. The lowest BCUT2D eigenvalue weighted by Gasteiger charge is -2.34. The van der Waals surface area contributed by atoms with Gasteiger partial charge in [-0.15, -0.1) is 0 Å². The molecule has 3 rings (SSSR count). The van der Waals surface area contributed by atoms with Crippen molar-refractivity contribution in [3.63, 3.8) is 0 Å². The van der Waals surface area contributed by atoms with Gasteiger partial charge in [0.05, 0.1) is 0 Å². The van der Waals surface area contributed by atoms with Gasteiger partial charge in [0.15, 0.2) is 5.82 Å². The van der Waals surface area contributed by atoms with Crippen molar-refractivity contribution < 1.29 is 0 Å². The highest BCUT2D eigenvalue weighted by molar-refractivity contribution is 5.48. The fourth-order valence-corrected chi connectivity index (χ4v) is 3.23. The van der Waals surface area contributed by atoms with Crippen molar-refractivity contribution >= 4 is 11.9 Å². The molecule has 26 heavy (non-hydrogen) atoms. The summed E-state index contributed by atoms with van der Waals surface area (Å²) >= 11 is 0. The maximum atomic E-state index is 12.6. The molecule has 138 valence electrons. The Hall–Kier alpha value is -2.40. The number of rotatable bonds is 6. The number of hydrogen-bond acceptors (Lipinski definition) is 4. The van der Waals surface area contributed by atoms with Crippen LogP contribution in [0.1, 0.15) is 19.4 Å². The molecular weight excluding hydrogens is 324 g/mol. The van der Waals surface area contributed by atoms with Crippen LogP contribution in [-0.2, 0) is 6.54 Å². The maximum absolute atomic E-state index is 12.6. The summed E-state index contributed by atoms with van der Waals surface area (Å²) in [7, 11) is 0. The number of benzene rings is 1. The minimum atomic E-state index is 0.0265. The van der Waals surface area contributed by atoms with E-state index in [1.807, 2.05) is 6.07 Å². The standard InChI is InChI=1S/C21H28N4O/c1-18(2)17-25-12-10-22-20(21(25)26)24-15-13-23(14-16-24)11-6-9-19-7-4-3-5-8-19/h3-10,12,18H,11,13-17H2,1-2H3/b9-6+. The Morgan fingerprint density at radius 3 is 2.54 bits per heavy atom. The van der Waals surface area contributed by atoms with Crippen molar-refractivity contribution in [3.05, 3.63) is 64.7 Å². The molecule has 0 atom stereocenters. The van der Waals surface area contributed by atoms with Gasteiger partial charge in [-0.05, 0) is 11.5 Å². The molecule has 0 unspecified atom stereocenters. The van der Waals surface area contributed by atoms with Gasteiger partial charge in [-0.3, -0.25) is 9.69 Å². The van der Waals surface area contributed by atoms with Crippen molar-refractivity contribution in [1.29, 1.82) is 0 Å².